The summed E-state index contributed by atoms with van der Waals surface area (Å²) in [5, 5.41) is 0.691. The van der Waals surface area contributed by atoms with Crippen LogP contribution in [0.1, 0.15) is 27.3 Å². The number of cyclic esters (lactones) is 1. The van der Waals surface area contributed by atoms with Crippen molar-refractivity contribution < 1.29 is 9.53 Å². The van der Waals surface area contributed by atoms with Gasteiger partial charge in [-0.15, -0.1) is 0 Å². The molecule has 0 N–H and O–H groups in total. The number of carbonyl (C=O) groups excluding carboxylic acids is 1. The molecule has 2 aromatic rings. The fourth-order valence-corrected chi connectivity index (χ4v) is 2.49. The Balaban J connectivity index is 2.29. The van der Waals surface area contributed by atoms with Crippen molar-refractivity contribution in [1.29, 1.82) is 0 Å². The summed E-state index contributed by atoms with van der Waals surface area (Å²) in [5.41, 5.74) is 5.29. The molecule has 1 aromatic heterocycles. The molecular weight excluding hydrogens is 262 g/mol. The standard InChI is InChI=1S/C15H12ClNO2/c1-8-9(2)17-14-12(7-19-15(14)18)13(8)10-3-5-11(16)6-4-10/h3-6H,7H2,1-2H3. The molecule has 96 valence electrons. The fourth-order valence-electron chi connectivity index (χ4n) is 2.37. The van der Waals surface area contributed by atoms with Crippen LogP contribution >= 0.6 is 11.6 Å². The predicted molar refractivity (Wildman–Crippen MR) is 73.3 cm³/mol. The SMILES string of the molecule is Cc1nc2c(c(-c3ccc(Cl)cc3)c1C)COC2=O. The summed E-state index contributed by atoms with van der Waals surface area (Å²) in [7, 11) is 0. The Bertz CT molecular complexity index is 678. The molecule has 0 atom stereocenters. The van der Waals surface area contributed by atoms with E-state index in [2.05, 4.69) is 4.98 Å². The molecule has 0 fully saturated rings. The average molecular weight is 274 g/mol. The minimum atomic E-state index is -0.340. The molecule has 0 spiro atoms. The molecule has 4 heteroatoms. The van der Waals surface area contributed by atoms with Crippen molar-refractivity contribution in [3.05, 3.63) is 51.8 Å². The third-order valence-corrected chi connectivity index (χ3v) is 3.71. The monoisotopic (exact) mass is 273 g/mol. The molecule has 19 heavy (non-hydrogen) atoms. The maximum atomic E-state index is 11.7. The summed E-state index contributed by atoms with van der Waals surface area (Å²) in [4.78, 5) is 16.0. The van der Waals surface area contributed by atoms with E-state index in [0.29, 0.717) is 17.3 Å². The predicted octanol–water partition coefficient (Wildman–Crippen LogP) is 3.69. The van der Waals surface area contributed by atoms with Gasteiger partial charge in [-0.2, -0.15) is 0 Å². The van der Waals surface area contributed by atoms with E-state index in [-0.39, 0.29) is 5.97 Å². The number of hydrogen-bond donors (Lipinski definition) is 0. The number of nitrogens with zero attached hydrogens (tertiary/aromatic N) is 1. The summed E-state index contributed by atoms with van der Waals surface area (Å²) >= 11 is 5.92. The van der Waals surface area contributed by atoms with E-state index < -0.39 is 0 Å². The number of esters is 1. The topological polar surface area (TPSA) is 39.2 Å². The van der Waals surface area contributed by atoms with Gasteiger partial charge >= 0.3 is 5.97 Å². The second kappa shape index (κ2) is 4.35. The summed E-state index contributed by atoms with van der Waals surface area (Å²) in [6, 6.07) is 7.59. The van der Waals surface area contributed by atoms with Crippen molar-refractivity contribution >= 4 is 17.6 Å². The molecule has 2 heterocycles. The number of hydrogen-bond acceptors (Lipinski definition) is 3. The molecule has 0 saturated carbocycles. The maximum Gasteiger partial charge on any atom is 0.357 e. The highest BCUT2D eigenvalue weighted by Gasteiger charge is 2.28. The molecule has 1 aliphatic rings. The normalized spacial score (nSPS) is 13.3. The third kappa shape index (κ3) is 1.90. The minimum Gasteiger partial charge on any atom is -0.456 e. The van der Waals surface area contributed by atoms with Gasteiger partial charge in [-0.3, -0.25) is 0 Å². The van der Waals surface area contributed by atoms with Crippen LogP contribution in [0.15, 0.2) is 24.3 Å². The third-order valence-electron chi connectivity index (χ3n) is 3.46. The molecule has 0 aliphatic carbocycles. The van der Waals surface area contributed by atoms with Crippen LogP contribution in [0.5, 0.6) is 0 Å². The van der Waals surface area contributed by atoms with Crippen molar-refractivity contribution in [1.82, 2.24) is 4.98 Å². The number of fused-ring (bicyclic) bond motifs is 1. The molecule has 0 radical (unpaired) electrons. The van der Waals surface area contributed by atoms with Gasteiger partial charge in [-0.05, 0) is 42.7 Å². The number of aromatic nitrogens is 1. The lowest BCUT2D eigenvalue weighted by Crippen LogP contribution is -2.03. The summed E-state index contributed by atoms with van der Waals surface area (Å²) < 4.78 is 5.09. The molecular formula is C15H12ClNO2. The molecule has 1 aliphatic heterocycles. The zero-order chi connectivity index (χ0) is 13.6. The number of ether oxygens (including phenoxy) is 1. The van der Waals surface area contributed by atoms with Crippen molar-refractivity contribution in [2.24, 2.45) is 0 Å². The Kier molecular flexibility index (Phi) is 2.79. The van der Waals surface area contributed by atoms with Crippen LogP contribution in [-0.4, -0.2) is 11.0 Å². The Morgan fingerprint density at radius 3 is 2.58 bits per heavy atom. The van der Waals surface area contributed by atoms with Crippen molar-refractivity contribution in [3.8, 4) is 11.1 Å². The molecule has 3 nitrogen and oxygen atoms in total. The maximum absolute atomic E-state index is 11.7. The van der Waals surface area contributed by atoms with E-state index in [0.717, 1.165) is 27.9 Å². The molecule has 0 amide bonds. The average Bonchev–Trinajstić information content (AvgIpc) is 2.74. The molecule has 0 bridgehead atoms. The lowest BCUT2D eigenvalue weighted by molar-refractivity contribution is 0.0531. The van der Waals surface area contributed by atoms with Crippen molar-refractivity contribution in [2.75, 3.05) is 0 Å². The number of halogens is 1. The highest BCUT2D eigenvalue weighted by molar-refractivity contribution is 6.30. The van der Waals surface area contributed by atoms with Gasteiger partial charge in [-0.1, -0.05) is 23.7 Å². The summed E-state index contributed by atoms with van der Waals surface area (Å²) in [5.74, 6) is -0.340. The lowest BCUT2D eigenvalue weighted by atomic mass is 9.94. The summed E-state index contributed by atoms with van der Waals surface area (Å²) in [6.07, 6.45) is 0. The Labute approximate surface area is 116 Å². The van der Waals surface area contributed by atoms with E-state index in [1.165, 1.54) is 0 Å². The van der Waals surface area contributed by atoms with Gasteiger partial charge in [-0.25, -0.2) is 9.78 Å². The Morgan fingerprint density at radius 2 is 1.89 bits per heavy atom. The quantitative estimate of drug-likeness (QED) is 0.744. The fraction of sp³-hybridized carbons (Fsp3) is 0.200. The Morgan fingerprint density at radius 1 is 1.21 bits per heavy atom. The zero-order valence-electron chi connectivity index (χ0n) is 10.7. The summed E-state index contributed by atoms with van der Waals surface area (Å²) in [6.45, 7) is 4.20. The number of rotatable bonds is 1. The van der Waals surface area contributed by atoms with Crippen LogP contribution in [0.25, 0.3) is 11.1 Å². The van der Waals surface area contributed by atoms with Gasteiger partial charge in [0.05, 0.1) is 0 Å². The van der Waals surface area contributed by atoms with Gasteiger partial charge in [0.1, 0.15) is 6.61 Å². The Hall–Kier alpha value is -1.87. The number of benzene rings is 1. The number of aryl methyl sites for hydroxylation is 1. The first-order valence-corrected chi connectivity index (χ1v) is 6.39. The molecule has 0 saturated heterocycles. The van der Waals surface area contributed by atoms with Crippen molar-refractivity contribution in [2.45, 2.75) is 20.5 Å². The van der Waals surface area contributed by atoms with Crippen LogP contribution in [-0.2, 0) is 11.3 Å². The van der Waals surface area contributed by atoms with E-state index in [9.17, 15) is 4.79 Å². The smallest absolute Gasteiger partial charge is 0.357 e. The van der Waals surface area contributed by atoms with Crippen LogP contribution in [0, 0.1) is 13.8 Å². The highest BCUT2D eigenvalue weighted by atomic mass is 35.5. The first-order valence-electron chi connectivity index (χ1n) is 6.01. The largest absolute Gasteiger partial charge is 0.456 e. The van der Waals surface area contributed by atoms with Gasteiger partial charge in [0.25, 0.3) is 0 Å². The van der Waals surface area contributed by atoms with E-state index >= 15 is 0 Å². The van der Waals surface area contributed by atoms with Crippen LogP contribution in [0.4, 0.5) is 0 Å². The lowest BCUT2D eigenvalue weighted by Gasteiger charge is -2.12. The first-order chi connectivity index (χ1) is 9.08. The van der Waals surface area contributed by atoms with Gasteiger partial charge in [0.2, 0.25) is 0 Å². The van der Waals surface area contributed by atoms with Gasteiger partial charge < -0.3 is 4.74 Å². The highest BCUT2D eigenvalue weighted by Crippen LogP contribution is 2.34. The van der Waals surface area contributed by atoms with Crippen molar-refractivity contribution in [3.63, 3.8) is 0 Å². The second-order valence-electron chi connectivity index (χ2n) is 4.61. The van der Waals surface area contributed by atoms with Crippen LogP contribution < -0.4 is 0 Å². The number of carbonyl (C=O) groups is 1. The minimum absolute atomic E-state index is 0.292. The molecule has 1 aromatic carbocycles. The van der Waals surface area contributed by atoms with E-state index in [1.807, 2.05) is 38.1 Å². The van der Waals surface area contributed by atoms with Crippen LogP contribution in [0.3, 0.4) is 0 Å². The van der Waals surface area contributed by atoms with E-state index in [1.54, 1.807) is 0 Å². The first kappa shape index (κ1) is 12.2. The second-order valence-corrected chi connectivity index (χ2v) is 5.04. The van der Waals surface area contributed by atoms with Gasteiger partial charge in [0.15, 0.2) is 5.69 Å². The molecule has 3 rings (SSSR count). The number of pyridine rings is 1. The van der Waals surface area contributed by atoms with Crippen LogP contribution in [0.2, 0.25) is 5.02 Å². The van der Waals surface area contributed by atoms with E-state index in [4.69, 9.17) is 16.3 Å². The molecule has 0 unspecified atom stereocenters. The van der Waals surface area contributed by atoms with Gasteiger partial charge in [0, 0.05) is 16.3 Å². The zero-order valence-corrected chi connectivity index (χ0v) is 11.4.